The van der Waals surface area contributed by atoms with E-state index in [4.69, 9.17) is 11.5 Å². The first-order chi connectivity index (χ1) is 13.5. The number of hydrogen-bond acceptors (Lipinski definition) is 7. The van der Waals surface area contributed by atoms with Gasteiger partial charge in [-0.15, -0.1) is 13.2 Å². The van der Waals surface area contributed by atoms with Gasteiger partial charge in [-0.25, -0.2) is 0 Å². The highest BCUT2D eigenvalue weighted by atomic mass is 19.4. The molecule has 2 aromatic rings. The summed E-state index contributed by atoms with van der Waals surface area (Å²) in [6.45, 7) is 1.67. The molecule has 1 aromatic heterocycles. The highest BCUT2D eigenvalue weighted by Crippen LogP contribution is 2.25. The minimum Gasteiger partial charge on any atom is -0.406 e. The molecule has 7 N–H and O–H groups in total. The molecule has 2 amide bonds. The van der Waals surface area contributed by atoms with E-state index in [0.717, 1.165) is 12.1 Å². The number of nitrogens with one attached hydrogen (secondary N) is 3. The van der Waals surface area contributed by atoms with Crippen LogP contribution in [0.4, 0.5) is 30.6 Å². The van der Waals surface area contributed by atoms with Gasteiger partial charge < -0.3 is 26.8 Å². The van der Waals surface area contributed by atoms with Crippen molar-refractivity contribution in [3.63, 3.8) is 0 Å². The van der Waals surface area contributed by atoms with Crippen LogP contribution in [-0.2, 0) is 4.79 Å². The molecule has 2 rings (SSSR count). The van der Waals surface area contributed by atoms with Crippen LogP contribution in [0.2, 0.25) is 0 Å². The van der Waals surface area contributed by atoms with E-state index in [0.29, 0.717) is 6.42 Å². The molecule has 1 atom stereocenters. The summed E-state index contributed by atoms with van der Waals surface area (Å²) in [5.41, 5.74) is 9.22. The zero-order valence-electron chi connectivity index (χ0n) is 15.0. The van der Waals surface area contributed by atoms with Gasteiger partial charge in [-0.3, -0.25) is 19.4 Å². The Morgan fingerprint density at radius 1 is 1.24 bits per heavy atom. The number of amides is 2. The van der Waals surface area contributed by atoms with E-state index in [2.05, 4.69) is 25.3 Å². The molecule has 0 saturated carbocycles. The minimum absolute atomic E-state index is 0.162. The van der Waals surface area contributed by atoms with E-state index in [-0.39, 0.29) is 17.5 Å². The lowest BCUT2D eigenvalue weighted by atomic mass is 10.2. The highest BCUT2D eigenvalue weighted by Gasteiger charge is 2.31. The van der Waals surface area contributed by atoms with Crippen LogP contribution in [0.1, 0.15) is 23.7 Å². The monoisotopic (exact) mass is 414 g/mol. The van der Waals surface area contributed by atoms with Gasteiger partial charge in [0.2, 0.25) is 11.9 Å². The van der Waals surface area contributed by atoms with Gasteiger partial charge in [0.25, 0.3) is 11.5 Å². The Balaban J connectivity index is 2.35. The number of H-pyrrole nitrogens is 1. The zero-order valence-corrected chi connectivity index (χ0v) is 15.0. The van der Waals surface area contributed by atoms with Crippen molar-refractivity contribution in [1.29, 1.82) is 0 Å². The Hall–Kier alpha value is -3.77. The first-order valence-corrected chi connectivity index (χ1v) is 8.13. The normalized spacial score (nSPS) is 12.1. The van der Waals surface area contributed by atoms with Crippen LogP contribution in [-0.4, -0.2) is 34.2 Å². The van der Waals surface area contributed by atoms with E-state index in [1.165, 1.54) is 12.1 Å². The van der Waals surface area contributed by atoms with Gasteiger partial charge in [0, 0.05) is 5.69 Å². The molecule has 0 bridgehead atoms. The summed E-state index contributed by atoms with van der Waals surface area (Å²) in [5, 5.41) is 5.24. The standard InChI is InChI=1S/C16H17F3N6O4/c1-2-9(11(20)26)23-15-24-13(10(12(21)27)14(28)25-15)22-7-3-5-8(6-4-7)29-16(17,18)19/h3-6,9H,2H2,1H3,(H2,20,26)(H2,21,27)(H3,22,23,24,25,28)/t9-/m1/s1. The number of nitrogens with two attached hydrogens (primary N) is 2. The maximum absolute atomic E-state index is 12.2. The summed E-state index contributed by atoms with van der Waals surface area (Å²) >= 11 is 0. The molecule has 0 aliphatic rings. The Kier molecular flexibility index (Phi) is 6.31. The molecule has 13 heteroatoms. The quantitative estimate of drug-likeness (QED) is 0.433. The van der Waals surface area contributed by atoms with E-state index < -0.39 is 41.1 Å². The second-order valence-corrected chi connectivity index (χ2v) is 5.71. The summed E-state index contributed by atoms with van der Waals surface area (Å²) < 4.78 is 40.5. The average molecular weight is 414 g/mol. The number of halogens is 3. The third-order valence-corrected chi connectivity index (χ3v) is 3.58. The summed E-state index contributed by atoms with van der Waals surface area (Å²) in [6, 6.07) is 3.61. The number of anilines is 3. The van der Waals surface area contributed by atoms with Crippen LogP contribution in [0, 0.1) is 0 Å². The lowest BCUT2D eigenvalue weighted by Gasteiger charge is -2.16. The van der Waals surface area contributed by atoms with Crippen molar-refractivity contribution in [1.82, 2.24) is 9.97 Å². The van der Waals surface area contributed by atoms with Crippen LogP contribution in [0.15, 0.2) is 29.1 Å². The molecule has 156 valence electrons. The number of ether oxygens (including phenoxy) is 1. The molecule has 29 heavy (non-hydrogen) atoms. The van der Waals surface area contributed by atoms with E-state index in [1.54, 1.807) is 6.92 Å². The van der Waals surface area contributed by atoms with Crippen molar-refractivity contribution in [2.75, 3.05) is 10.6 Å². The van der Waals surface area contributed by atoms with Gasteiger partial charge in [-0.2, -0.15) is 4.98 Å². The average Bonchev–Trinajstić information content (AvgIpc) is 2.59. The SMILES string of the molecule is CC[C@@H](Nc1nc(Nc2ccc(OC(F)(F)F)cc2)c(C(N)=O)c(=O)[nH]1)C(N)=O. The van der Waals surface area contributed by atoms with Gasteiger partial charge in [0.1, 0.15) is 17.4 Å². The van der Waals surface area contributed by atoms with E-state index in [9.17, 15) is 27.6 Å². The van der Waals surface area contributed by atoms with Gasteiger partial charge in [0.05, 0.1) is 0 Å². The molecule has 0 saturated heterocycles. The molecule has 0 unspecified atom stereocenters. The Morgan fingerprint density at radius 3 is 2.34 bits per heavy atom. The molecule has 10 nitrogen and oxygen atoms in total. The van der Waals surface area contributed by atoms with Gasteiger partial charge in [0.15, 0.2) is 5.82 Å². The molecule has 1 aromatic carbocycles. The number of primary amides is 2. The lowest BCUT2D eigenvalue weighted by Crippen LogP contribution is -2.36. The lowest BCUT2D eigenvalue weighted by molar-refractivity contribution is -0.274. The fraction of sp³-hybridized carbons (Fsp3) is 0.250. The number of nitrogens with zero attached hydrogens (tertiary/aromatic N) is 1. The number of alkyl halides is 3. The Morgan fingerprint density at radius 2 is 1.86 bits per heavy atom. The number of benzene rings is 1. The fourth-order valence-corrected chi connectivity index (χ4v) is 2.28. The molecule has 0 aliphatic carbocycles. The van der Waals surface area contributed by atoms with Crippen molar-refractivity contribution in [3.8, 4) is 5.75 Å². The summed E-state index contributed by atoms with van der Waals surface area (Å²) in [5.74, 6) is -2.68. The number of hydrogen-bond donors (Lipinski definition) is 5. The number of rotatable bonds is 8. The third kappa shape index (κ3) is 5.85. The predicted octanol–water partition coefficient (Wildman–Crippen LogP) is 1.19. The number of aromatic nitrogens is 2. The molecule has 0 fully saturated rings. The molecule has 0 spiro atoms. The van der Waals surface area contributed by atoms with Crippen molar-refractivity contribution >= 4 is 29.3 Å². The van der Waals surface area contributed by atoms with Crippen molar-refractivity contribution in [3.05, 3.63) is 40.2 Å². The van der Waals surface area contributed by atoms with Crippen molar-refractivity contribution < 1.29 is 27.5 Å². The molecule has 0 radical (unpaired) electrons. The molecular weight excluding hydrogens is 397 g/mol. The maximum atomic E-state index is 12.2. The maximum Gasteiger partial charge on any atom is 0.573 e. The van der Waals surface area contributed by atoms with Crippen LogP contribution < -0.4 is 32.4 Å². The first kappa shape index (κ1) is 21.5. The fourth-order valence-electron chi connectivity index (χ4n) is 2.28. The van der Waals surface area contributed by atoms with Crippen LogP contribution in [0.5, 0.6) is 5.75 Å². The van der Waals surface area contributed by atoms with E-state index >= 15 is 0 Å². The number of carbonyl (C=O) groups is 2. The summed E-state index contributed by atoms with van der Waals surface area (Å²) in [4.78, 5) is 41.5. The zero-order chi connectivity index (χ0) is 21.8. The summed E-state index contributed by atoms with van der Waals surface area (Å²) in [7, 11) is 0. The number of aromatic amines is 1. The van der Waals surface area contributed by atoms with Gasteiger partial charge >= 0.3 is 6.36 Å². The predicted molar refractivity (Wildman–Crippen MR) is 96.7 cm³/mol. The minimum atomic E-state index is -4.85. The second kappa shape index (κ2) is 8.50. The molecular formula is C16H17F3N6O4. The van der Waals surface area contributed by atoms with Gasteiger partial charge in [-0.05, 0) is 30.7 Å². The topological polar surface area (TPSA) is 165 Å². The van der Waals surface area contributed by atoms with Gasteiger partial charge in [-0.1, -0.05) is 6.92 Å². The smallest absolute Gasteiger partial charge is 0.406 e. The molecule has 1 heterocycles. The third-order valence-electron chi connectivity index (χ3n) is 3.58. The van der Waals surface area contributed by atoms with E-state index in [1.807, 2.05) is 0 Å². The van der Waals surface area contributed by atoms with Crippen molar-refractivity contribution in [2.45, 2.75) is 25.7 Å². The highest BCUT2D eigenvalue weighted by molar-refractivity contribution is 5.98. The van der Waals surface area contributed by atoms with Crippen LogP contribution >= 0.6 is 0 Å². The van der Waals surface area contributed by atoms with Crippen LogP contribution in [0.25, 0.3) is 0 Å². The largest absolute Gasteiger partial charge is 0.573 e. The first-order valence-electron chi connectivity index (χ1n) is 8.13. The number of carbonyl (C=O) groups excluding carboxylic acids is 2. The second-order valence-electron chi connectivity index (χ2n) is 5.71. The van der Waals surface area contributed by atoms with Crippen molar-refractivity contribution in [2.24, 2.45) is 11.5 Å². The summed E-state index contributed by atoms with van der Waals surface area (Å²) in [6.07, 6.45) is -4.56. The van der Waals surface area contributed by atoms with Crippen LogP contribution in [0.3, 0.4) is 0 Å². The Bertz CT molecular complexity index is 959. The Labute approximate surface area is 161 Å². The molecule has 0 aliphatic heterocycles.